The highest BCUT2D eigenvalue weighted by Gasteiger charge is 2.15. The van der Waals surface area contributed by atoms with Crippen molar-refractivity contribution >= 4 is 34.9 Å². The van der Waals surface area contributed by atoms with Gasteiger partial charge in [0.1, 0.15) is 0 Å². The zero-order chi connectivity index (χ0) is 20.8. The molecule has 1 aliphatic carbocycles. The molecule has 1 aromatic carbocycles. The van der Waals surface area contributed by atoms with Crippen molar-refractivity contribution in [3.8, 4) is 0 Å². The van der Waals surface area contributed by atoms with Gasteiger partial charge < -0.3 is 10.6 Å². The van der Waals surface area contributed by atoms with E-state index < -0.39 is 0 Å². The Labute approximate surface area is 178 Å². The maximum Gasteiger partial charge on any atom is 0.229 e. The smallest absolute Gasteiger partial charge is 0.229 e. The first-order valence-electron chi connectivity index (χ1n) is 10.2. The normalized spacial score (nSPS) is 15.1. The summed E-state index contributed by atoms with van der Waals surface area (Å²) in [4.78, 5) is 13.9. The Morgan fingerprint density at radius 2 is 1.66 bits per heavy atom. The van der Waals surface area contributed by atoms with E-state index in [0.717, 1.165) is 35.5 Å². The van der Waals surface area contributed by atoms with Crippen LogP contribution in [-0.2, 0) is 0 Å². The van der Waals surface area contributed by atoms with Crippen molar-refractivity contribution in [2.45, 2.75) is 65.8 Å². The number of hydrogen-bond acceptors (Lipinski definition) is 4. The van der Waals surface area contributed by atoms with Gasteiger partial charge in [0.2, 0.25) is 11.9 Å². The van der Waals surface area contributed by atoms with Crippen molar-refractivity contribution in [1.29, 1.82) is 0 Å². The summed E-state index contributed by atoms with van der Waals surface area (Å²) in [6, 6.07) is 8.49. The van der Waals surface area contributed by atoms with E-state index in [1.165, 1.54) is 24.8 Å². The summed E-state index contributed by atoms with van der Waals surface area (Å²) >= 11 is 5.57. The predicted octanol–water partition coefficient (Wildman–Crippen LogP) is 4.80. The second-order valence-electron chi connectivity index (χ2n) is 7.77. The average molecular weight is 411 g/mol. The maximum absolute atomic E-state index is 5.57. The van der Waals surface area contributed by atoms with Crippen LogP contribution >= 0.6 is 12.2 Å². The Bertz CT molecular complexity index is 882. The molecule has 0 unspecified atom stereocenters. The van der Waals surface area contributed by atoms with Crippen LogP contribution in [0.15, 0.2) is 29.3 Å². The number of aryl methyl sites for hydroxylation is 4. The molecule has 0 saturated heterocycles. The molecule has 0 amide bonds. The molecule has 6 nitrogen and oxygen atoms in total. The Balaban J connectivity index is 1.77. The van der Waals surface area contributed by atoms with Crippen LogP contribution in [0.2, 0.25) is 0 Å². The van der Waals surface area contributed by atoms with E-state index >= 15 is 0 Å². The molecule has 1 aromatic heterocycles. The Morgan fingerprint density at radius 3 is 2.34 bits per heavy atom. The molecular formula is C22H30N6S. The van der Waals surface area contributed by atoms with Crippen molar-refractivity contribution in [1.82, 2.24) is 15.3 Å². The second-order valence-corrected chi connectivity index (χ2v) is 8.17. The lowest BCUT2D eigenvalue weighted by atomic mass is 9.96. The van der Waals surface area contributed by atoms with Crippen LogP contribution < -0.4 is 16.0 Å². The van der Waals surface area contributed by atoms with Gasteiger partial charge in [-0.2, -0.15) is 0 Å². The summed E-state index contributed by atoms with van der Waals surface area (Å²) in [5.74, 6) is 1.11. The number of benzene rings is 1. The molecule has 2 aromatic rings. The highest BCUT2D eigenvalue weighted by Crippen LogP contribution is 2.20. The largest absolute Gasteiger partial charge is 0.332 e. The summed E-state index contributed by atoms with van der Waals surface area (Å²) in [6.07, 6.45) is 5.91. The van der Waals surface area contributed by atoms with Gasteiger partial charge >= 0.3 is 0 Å². The summed E-state index contributed by atoms with van der Waals surface area (Å²) < 4.78 is 0. The number of nitrogens with zero attached hydrogens (tertiary/aromatic N) is 3. The number of aromatic nitrogens is 2. The zero-order valence-corrected chi connectivity index (χ0v) is 18.5. The lowest BCUT2D eigenvalue weighted by Gasteiger charge is -2.21. The van der Waals surface area contributed by atoms with E-state index in [2.05, 4.69) is 58.0 Å². The summed E-state index contributed by atoms with van der Waals surface area (Å²) in [7, 11) is 0. The minimum Gasteiger partial charge on any atom is -0.332 e. The molecule has 29 heavy (non-hydrogen) atoms. The minimum atomic E-state index is 0.285. The molecular weight excluding hydrogens is 380 g/mol. The first-order chi connectivity index (χ1) is 13.9. The highest BCUT2D eigenvalue weighted by molar-refractivity contribution is 7.80. The average Bonchev–Trinajstić information content (AvgIpc) is 2.64. The van der Waals surface area contributed by atoms with Gasteiger partial charge in [0, 0.05) is 17.1 Å². The zero-order valence-electron chi connectivity index (χ0n) is 17.7. The number of aliphatic imine (C=N–C) groups is 1. The molecule has 0 spiro atoms. The van der Waals surface area contributed by atoms with E-state index in [-0.39, 0.29) is 6.04 Å². The standard InChI is InChI=1S/C22H30N6S/c1-14-10-11-15(2)19(12-14)26-22(29)28-21(25-18-8-6-5-7-9-18)27-20-23-16(3)13-17(4)24-20/h10-13,18H,5-9H2,1-4H3,(H3,23,24,25,26,27,28,29). The van der Waals surface area contributed by atoms with Crippen LogP contribution in [0.3, 0.4) is 0 Å². The van der Waals surface area contributed by atoms with Crippen LogP contribution in [0.25, 0.3) is 0 Å². The van der Waals surface area contributed by atoms with Crippen LogP contribution in [0, 0.1) is 27.7 Å². The number of anilines is 2. The molecule has 1 fully saturated rings. The van der Waals surface area contributed by atoms with E-state index in [4.69, 9.17) is 17.2 Å². The maximum atomic E-state index is 5.57. The van der Waals surface area contributed by atoms with Crippen molar-refractivity contribution in [3.05, 3.63) is 46.8 Å². The van der Waals surface area contributed by atoms with Crippen LogP contribution in [0.1, 0.15) is 54.6 Å². The van der Waals surface area contributed by atoms with Crippen LogP contribution in [0.5, 0.6) is 0 Å². The van der Waals surface area contributed by atoms with Gasteiger partial charge in [0.25, 0.3) is 0 Å². The van der Waals surface area contributed by atoms with Gasteiger partial charge in [0.15, 0.2) is 5.11 Å². The number of guanidine groups is 1. The Kier molecular flexibility index (Phi) is 7.14. The number of hydrogen-bond donors (Lipinski definition) is 3. The monoisotopic (exact) mass is 410 g/mol. The summed E-state index contributed by atoms with van der Waals surface area (Å²) in [5, 5.41) is 10.2. The molecule has 154 valence electrons. The fourth-order valence-corrected chi connectivity index (χ4v) is 3.71. The lowest BCUT2D eigenvalue weighted by molar-refractivity contribution is 0.443. The van der Waals surface area contributed by atoms with Gasteiger partial charge in [-0.1, -0.05) is 31.4 Å². The molecule has 0 bridgehead atoms. The fraction of sp³-hybridized carbons (Fsp3) is 0.455. The molecule has 0 radical (unpaired) electrons. The molecule has 1 saturated carbocycles. The van der Waals surface area contributed by atoms with E-state index in [1.54, 1.807) is 0 Å². The molecule has 0 atom stereocenters. The number of nitrogens with one attached hydrogen (secondary N) is 3. The quantitative estimate of drug-likeness (QED) is 0.383. The molecule has 1 aliphatic rings. The van der Waals surface area contributed by atoms with Gasteiger partial charge in [0.05, 0.1) is 6.04 Å². The Morgan fingerprint density at radius 1 is 0.966 bits per heavy atom. The first-order valence-corrected chi connectivity index (χ1v) is 10.6. The van der Waals surface area contributed by atoms with Gasteiger partial charge in [-0.3, -0.25) is 5.32 Å². The molecule has 7 heteroatoms. The molecule has 1 heterocycles. The van der Waals surface area contributed by atoms with Crippen molar-refractivity contribution in [2.75, 3.05) is 10.6 Å². The molecule has 0 aliphatic heterocycles. The first kappa shape index (κ1) is 21.2. The van der Waals surface area contributed by atoms with Crippen molar-refractivity contribution < 1.29 is 0 Å². The van der Waals surface area contributed by atoms with Crippen molar-refractivity contribution in [2.24, 2.45) is 4.99 Å². The molecule has 3 N–H and O–H groups in total. The Hall–Kier alpha value is -2.54. The third-order valence-electron chi connectivity index (χ3n) is 4.97. The van der Waals surface area contributed by atoms with Gasteiger partial charge in [-0.05, 0) is 76.0 Å². The third kappa shape index (κ3) is 6.49. The second kappa shape index (κ2) is 9.78. The van der Waals surface area contributed by atoms with Crippen molar-refractivity contribution in [3.63, 3.8) is 0 Å². The summed E-state index contributed by atoms with van der Waals surface area (Å²) in [5.41, 5.74) is 5.12. The minimum absolute atomic E-state index is 0.285. The third-order valence-corrected chi connectivity index (χ3v) is 5.18. The van der Waals surface area contributed by atoms with Gasteiger partial charge in [-0.15, -0.1) is 0 Å². The van der Waals surface area contributed by atoms with Crippen LogP contribution in [-0.4, -0.2) is 27.1 Å². The lowest BCUT2D eigenvalue weighted by Crippen LogP contribution is -2.40. The summed E-state index contributed by atoms with van der Waals surface area (Å²) in [6.45, 7) is 8.04. The fourth-order valence-electron chi connectivity index (χ4n) is 3.51. The number of thiocarbonyl (C=S) groups is 1. The predicted molar refractivity (Wildman–Crippen MR) is 125 cm³/mol. The van der Waals surface area contributed by atoms with E-state index in [9.17, 15) is 0 Å². The van der Waals surface area contributed by atoms with E-state index in [1.807, 2.05) is 19.9 Å². The van der Waals surface area contributed by atoms with Crippen LogP contribution in [0.4, 0.5) is 11.6 Å². The highest BCUT2D eigenvalue weighted by atomic mass is 32.1. The topological polar surface area (TPSA) is 74.2 Å². The number of rotatable bonds is 3. The molecule has 3 rings (SSSR count). The SMILES string of the molecule is Cc1ccc(C)c(NC(=S)NC(=NC2CCCCC2)Nc2nc(C)cc(C)n2)c1. The van der Waals surface area contributed by atoms with E-state index in [0.29, 0.717) is 17.0 Å². The van der Waals surface area contributed by atoms with Gasteiger partial charge in [-0.25, -0.2) is 15.0 Å².